The number of carbonyl (C=O) groups excluding carboxylic acids is 1. The van der Waals surface area contributed by atoms with Crippen LogP contribution in [0.1, 0.15) is 28.4 Å². The van der Waals surface area contributed by atoms with Crippen LogP contribution in [-0.4, -0.2) is 29.4 Å². The summed E-state index contributed by atoms with van der Waals surface area (Å²) in [6, 6.07) is 9.75. The summed E-state index contributed by atoms with van der Waals surface area (Å²) < 4.78 is 0. The minimum absolute atomic E-state index is 0.0125. The summed E-state index contributed by atoms with van der Waals surface area (Å²) in [7, 11) is 1.81. The number of amides is 1. The molecule has 1 aromatic carbocycles. The van der Waals surface area contributed by atoms with Crippen molar-refractivity contribution in [2.75, 3.05) is 18.9 Å². The fourth-order valence-corrected chi connectivity index (χ4v) is 2.22. The molecule has 0 fully saturated rings. The molecule has 4 heteroatoms. The van der Waals surface area contributed by atoms with Crippen LogP contribution in [-0.2, 0) is 6.54 Å². The first kappa shape index (κ1) is 15.0. The lowest BCUT2D eigenvalue weighted by atomic mass is 10.1. The molecule has 0 aliphatic carbocycles. The highest BCUT2D eigenvalue weighted by atomic mass is 16.2. The fraction of sp³-hybridized carbons (Fsp3) is 0.294. The van der Waals surface area contributed by atoms with Crippen LogP contribution in [0.5, 0.6) is 0 Å². The lowest BCUT2D eigenvalue weighted by molar-refractivity contribution is 0.0786. The van der Waals surface area contributed by atoms with Gasteiger partial charge in [0.25, 0.3) is 5.91 Å². The Bertz CT molecular complexity index is 611. The molecule has 110 valence electrons. The van der Waals surface area contributed by atoms with E-state index in [1.165, 1.54) is 0 Å². The first-order chi connectivity index (χ1) is 10.1. The van der Waals surface area contributed by atoms with Crippen molar-refractivity contribution >= 4 is 11.6 Å². The van der Waals surface area contributed by atoms with Crippen molar-refractivity contribution in [3.8, 4) is 0 Å². The Morgan fingerprint density at radius 3 is 2.81 bits per heavy atom. The van der Waals surface area contributed by atoms with Gasteiger partial charge in [0.15, 0.2) is 0 Å². The molecule has 0 aliphatic rings. The highest BCUT2D eigenvalue weighted by molar-refractivity contribution is 5.99. The van der Waals surface area contributed by atoms with Gasteiger partial charge in [-0.25, -0.2) is 0 Å². The molecule has 0 unspecified atom stereocenters. The van der Waals surface area contributed by atoms with E-state index in [1.54, 1.807) is 17.3 Å². The maximum atomic E-state index is 12.7. The van der Waals surface area contributed by atoms with Gasteiger partial charge < -0.3 is 10.2 Å². The Morgan fingerprint density at radius 2 is 2.14 bits per heavy atom. The van der Waals surface area contributed by atoms with E-state index >= 15 is 0 Å². The largest absolute Gasteiger partial charge is 0.385 e. The minimum Gasteiger partial charge on any atom is -0.385 e. The van der Waals surface area contributed by atoms with E-state index in [0.29, 0.717) is 12.1 Å². The average molecular weight is 283 g/mol. The van der Waals surface area contributed by atoms with Crippen LogP contribution in [0.2, 0.25) is 0 Å². The van der Waals surface area contributed by atoms with Crippen molar-refractivity contribution in [1.82, 2.24) is 9.88 Å². The predicted molar refractivity (Wildman–Crippen MR) is 85.4 cm³/mol. The summed E-state index contributed by atoms with van der Waals surface area (Å²) in [5, 5.41) is 3.24. The third-order valence-electron chi connectivity index (χ3n) is 3.26. The SMILES string of the molecule is CCNc1ccc(C)cc1C(=O)N(C)Cc1cccnc1. The van der Waals surface area contributed by atoms with Gasteiger partial charge in [0.05, 0.1) is 5.56 Å². The van der Waals surface area contributed by atoms with Crippen molar-refractivity contribution in [2.45, 2.75) is 20.4 Å². The van der Waals surface area contributed by atoms with Crippen molar-refractivity contribution in [2.24, 2.45) is 0 Å². The highest BCUT2D eigenvalue weighted by Crippen LogP contribution is 2.19. The molecular formula is C17H21N3O. The second-order valence-corrected chi connectivity index (χ2v) is 5.10. The van der Waals surface area contributed by atoms with E-state index in [9.17, 15) is 4.79 Å². The van der Waals surface area contributed by atoms with Gasteiger partial charge in [-0.05, 0) is 37.6 Å². The van der Waals surface area contributed by atoms with Crippen LogP contribution in [0.4, 0.5) is 5.69 Å². The van der Waals surface area contributed by atoms with E-state index in [4.69, 9.17) is 0 Å². The standard InChI is InChI=1S/C17H21N3O/c1-4-19-16-8-7-13(2)10-15(16)17(21)20(3)12-14-6-5-9-18-11-14/h5-11,19H,4,12H2,1-3H3. The molecule has 2 aromatic rings. The second kappa shape index (κ2) is 6.88. The fourth-order valence-electron chi connectivity index (χ4n) is 2.22. The lowest BCUT2D eigenvalue weighted by Crippen LogP contribution is -2.27. The number of aromatic nitrogens is 1. The number of carbonyl (C=O) groups is 1. The number of pyridine rings is 1. The monoisotopic (exact) mass is 283 g/mol. The van der Waals surface area contributed by atoms with Crippen molar-refractivity contribution in [3.05, 3.63) is 59.4 Å². The second-order valence-electron chi connectivity index (χ2n) is 5.10. The molecule has 4 nitrogen and oxygen atoms in total. The molecule has 0 saturated carbocycles. The third kappa shape index (κ3) is 3.81. The number of hydrogen-bond acceptors (Lipinski definition) is 3. The molecule has 0 atom stereocenters. The molecule has 21 heavy (non-hydrogen) atoms. The quantitative estimate of drug-likeness (QED) is 0.917. The molecule has 0 bridgehead atoms. The highest BCUT2D eigenvalue weighted by Gasteiger charge is 2.16. The van der Waals surface area contributed by atoms with Crippen LogP contribution in [0.15, 0.2) is 42.7 Å². The van der Waals surface area contributed by atoms with Crippen LogP contribution < -0.4 is 5.32 Å². The Morgan fingerprint density at radius 1 is 1.33 bits per heavy atom. The molecule has 1 aromatic heterocycles. The molecule has 1 heterocycles. The van der Waals surface area contributed by atoms with Gasteiger partial charge in [0, 0.05) is 38.2 Å². The molecular weight excluding hydrogens is 262 g/mol. The van der Waals surface area contributed by atoms with Gasteiger partial charge in [-0.15, -0.1) is 0 Å². The van der Waals surface area contributed by atoms with Crippen LogP contribution >= 0.6 is 0 Å². The van der Waals surface area contributed by atoms with Gasteiger partial charge in [-0.2, -0.15) is 0 Å². The maximum absolute atomic E-state index is 12.7. The zero-order valence-corrected chi connectivity index (χ0v) is 12.8. The smallest absolute Gasteiger partial charge is 0.256 e. The normalized spacial score (nSPS) is 10.2. The Hall–Kier alpha value is -2.36. The number of benzene rings is 1. The van der Waals surface area contributed by atoms with E-state index in [1.807, 2.05) is 51.2 Å². The molecule has 2 rings (SSSR count). The average Bonchev–Trinajstić information content (AvgIpc) is 2.49. The first-order valence-corrected chi connectivity index (χ1v) is 7.10. The third-order valence-corrected chi connectivity index (χ3v) is 3.26. The van der Waals surface area contributed by atoms with E-state index in [0.717, 1.165) is 23.4 Å². The lowest BCUT2D eigenvalue weighted by Gasteiger charge is -2.19. The van der Waals surface area contributed by atoms with E-state index in [2.05, 4.69) is 10.3 Å². The van der Waals surface area contributed by atoms with Crippen LogP contribution in [0.3, 0.4) is 0 Å². The number of aryl methyl sites for hydroxylation is 1. The Balaban J connectivity index is 2.20. The van der Waals surface area contributed by atoms with Crippen LogP contribution in [0.25, 0.3) is 0 Å². The molecule has 1 amide bonds. The van der Waals surface area contributed by atoms with Crippen molar-refractivity contribution in [3.63, 3.8) is 0 Å². The zero-order chi connectivity index (χ0) is 15.2. The van der Waals surface area contributed by atoms with Gasteiger partial charge >= 0.3 is 0 Å². The van der Waals surface area contributed by atoms with E-state index < -0.39 is 0 Å². The van der Waals surface area contributed by atoms with E-state index in [-0.39, 0.29) is 5.91 Å². The van der Waals surface area contributed by atoms with Crippen LogP contribution in [0, 0.1) is 6.92 Å². The summed E-state index contributed by atoms with van der Waals surface area (Å²) in [6.07, 6.45) is 3.51. The summed E-state index contributed by atoms with van der Waals surface area (Å²) >= 11 is 0. The zero-order valence-electron chi connectivity index (χ0n) is 12.8. The molecule has 0 spiro atoms. The number of hydrogen-bond donors (Lipinski definition) is 1. The molecule has 0 aliphatic heterocycles. The number of nitrogens with one attached hydrogen (secondary N) is 1. The van der Waals surface area contributed by atoms with Gasteiger partial charge in [-0.1, -0.05) is 17.7 Å². The minimum atomic E-state index is 0.0125. The first-order valence-electron chi connectivity index (χ1n) is 7.10. The number of nitrogens with zero attached hydrogens (tertiary/aromatic N) is 2. The van der Waals surface area contributed by atoms with Crippen molar-refractivity contribution in [1.29, 1.82) is 0 Å². The summed E-state index contributed by atoms with van der Waals surface area (Å²) in [4.78, 5) is 18.5. The topological polar surface area (TPSA) is 45.2 Å². The summed E-state index contributed by atoms with van der Waals surface area (Å²) in [5.74, 6) is 0.0125. The molecule has 1 N–H and O–H groups in total. The molecule has 0 radical (unpaired) electrons. The van der Waals surface area contributed by atoms with Crippen molar-refractivity contribution < 1.29 is 4.79 Å². The number of rotatable bonds is 5. The summed E-state index contributed by atoms with van der Waals surface area (Å²) in [5.41, 5.74) is 3.69. The maximum Gasteiger partial charge on any atom is 0.256 e. The van der Waals surface area contributed by atoms with Gasteiger partial charge in [0.2, 0.25) is 0 Å². The van der Waals surface area contributed by atoms with Gasteiger partial charge in [-0.3, -0.25) is 9.78 Å². The number of anilines is 1. The summed E-state index contributed by atoms with van der Waals surface area (Å²) in [6.45, 7) is 5.35. The predicted octanol–water partition coefficient (Wildman–Crippen LogP) is 3.09. The molecule has 0 saturated heterocycles. The Labute approximate surface area is 125 Å². The Kier molecular flexibility index (Phi) is 4.93. The van der Waals surface area contributed by atoms with Gasteiger partial charge in [0.1, 0.15) is 0 Å².